The third-order valence-electron chi connectivity index (χ3n) is 4.36. The predicted octanol–water partition coefficient (Wildman–Crippen LogP) is 2.31. The summed E-state index contributed by atoms with van der Waals surface area (Å²) in [6, 6.07) is 7.70. The van der Waals surface area contributed by atoms with Crippen LogP contribution >= 0.6 is 0 Å². The molecule has 2 aromatic heterocycles. The SMILES string of the molecule is CC(C)Nc1nc(-c2ccc3c(c2)NC(=O)C3)cc2ncn(C)c(=O)c12. The van der Waals surface area contributed by atoms with Gasteiger partial charge in [-0.3, -0.25) is 9.59 Å². The minimum absolute atomic E-state index is 0.00375. The Morgan fingerprint density at radius 3 is 2.81 bits per heavy atom. The average molecular weight is 349 g/mol. The summed E-state index contributed by atoms with van der Waals surface area (Å²) in [6.07, 6.45) is 1.91. The molecule has 1 amide bonds. The van der Waals surface area contributed by atoms with Crippen molar-refractivity contribution in [3.8, 4) is 11.3 Å². The van der Waals surface area contributed by atoms with Crippen LogP contribution in [0, 0.1) is 0 Å². The number of nitrogens with zero attached hydrogens (tertiary/aromatic N) is 3. The highest BCUT2D eigenvalue weighted by Gasteiger charge is 2.19. The van der Waals surface area contributed by atoms with Crippen LogP contribution in [0.1, 0.15) is 19.4 Å². The number of benzene rings is 1. The Morgan fingerprint density at radius 1 is 1.23 bits per heavy atom. The van der Waals surface area contributed by atoms with E-state index >= 15 is 0 Å². The van der Waals surface area contributed by atoms with Crippen molar-refractivity contribution < 1.29 is 4.79 Å². The molecule has 0 radical (unpaired) electrons. The van der Waals surface area contributed by atoms with Gasteiger partial charge in [0.25, 0.3) is 5.56 Å². The van der Waals surface area contributed by atoms with Gasteiger partial charge in [0.05, 0.1) is 24.0 Å². The highest BCUT2D eigenvalue weighted by atomic mass is 16.1. The number of pyridine rings is 1. The summed E-state index contributed by atoms with van der Waals surface area (Å²) in [5, 5.41) is 6.58. The van der Waals surface area contributed by atoms with E-state index in [-0.39, 0.29) is 17.5 Å². The van der Waals surface area contributed by atoms with Crippen molar-refractivity contribution in [3.63, 3.8) is 0 Å². The van der Waals surface area contributed by atoms with Crippen molar-refractivity contribution in [2.45, 2.75) is 26.3 Å². The monoisotopic (exact) mass is 349 g/mol. The van der Waals surface area contributed by atoms with Crippen LogP contribution in [0.5, 0.6) is 0 Å². The molecule has 1 aromatic carbocycles. The number of aromatic nitrogens is 3. The number of carbonyl (C=O) groups is 1. The smallest absolute Gasteiger partial charge is 0.264 e. The molecule has 4 rings (SSSR count). The number of aryl methyl sites for hydroxylation is 1. The number of rotatable bonds is 3. The van der Waals surface area contributed by atoms with Gasteiger partial charge in [-0.1, -0.05) is 12.1 Å². The standard InChI is InChI=1S/C19H19N5O2/c1-10(2)21-18-17-15(20-9-24(3)19(17)26)8-14(23-18)11-4-5-12-7-16(25)22-13(12)6-11/h4-6,8-10H,7H2,1-3H3,(H,21,23)(H,22,25). The Labute approximate surface area is 150 Å². The van der Waals surface area contributed by atoms with E-state index in [1.165, 1.54) is 10.9 Å². The molecule has 0 atom stereocenters. The second-order valence-corrected chi connectivity index (χ2v) is 6.81. The summed E-state index contributed by atoms with van der Waals surface area (Å²) in [4.78, 5) is 33.2. The molecule has 0 unspecified atom stereocenters. The number of hydrogen-bond donors (Lipinski definition) is 2. The van der Waals surface area contributed by atoms with Crippen LogP contribution < -0.4 is 16.2 Å². The van der Waals surface area contributed by atoms with E-state index in [4.69, 9.17) is 0 Å². The Bertz CT molecular complexity index is 1100. The molecule has 1 aliphatic rings. The first-order chi connectivity index (χ1) is 12.4. The van der Waals surface area contributed by atoms with Crippen molar-refractivity contribution >= 4 is 28.3 Å². The second kappa shape index (κ2) is 5.94. The zero-order chi connectivity index (χ0) is 18.4. The molecule has 0 saturated carbocycles. The van der Waals surface area contributed by atoms with Gasteiger partial charge in [0.15, 0.2) is 0 Å². The molecule has 2 N–H and O–H groups in total. The molecule has 0 spiro atoms. The Morgan fingerprint density at radius 2 is 2.04 bits per heavy atom. The van der Waals surface area contributed by atoms with Crippen molar-refractivity contribution in [1.29, 1.82) is 0 Å². The van der Waals surface area contributed by atoms with E-state index in [1.54, 1.807) is 13.1 Å². The van der Waals surface area contributed by atoms with Gasteiger partial charge >= 0.3 is 0 Å². The minimum atomic E-state index is -0.140. The molecule has 3 heterocycles. The highest BCUT2D eigenvalue weighted by molar-refractivity contribution is 6.00. The molecule has 0 aliphatic carbocycles. The van der Waals surface area contributed by atoms with Gasteiger partial charge in [0, 0.05) is 24.3 Å². The summed E-state index contributed by atoms with van der Waals surface area (Å²) >= 11 is 0. The number of amides is 1. The van der Waals surface area contributed by atoms with E-state index in [9.17, 15) is 9.59 Å². The number of hydrogen-bond acceptors (Lipinski definition) is 5. The van der Waals surface area contributed by atoms with Gasteiger partial charge < -0.3 is 15.2 Å². The van der Waals surface area contributed by atoms with Crippen LogP contribution in [0.15, 0.2) is 35.4 Å². The lowest BCUT2D eigenvalue weighted by Gasteiger charge is -2.14. The second-order valence-electron chi connectivity index (χ2n) is 6.81. The number of nitrogens with one attached hydrogen (secondary N) is 2. The van der Waals surface area contributed by atoms with Crippen LogP contribution in [0.3, 0.4) is 0 Å². The van der Waals surface area contributed by atoms with Crippen molar-refractivity contribution in [2.75, 3.05) is 10.6 Å². The zero-order valence-corrected chi connectivity index (χ0v) is 14.8. The fraction of sp³-hybridized carbons (Fsp3) is 0.263. The van der Waals surface area contributed by atoms with Crippen molar-refractivity contribution in [2.24, 2.45) is 7.05 Å². The number of carbonyl (C=O) groups excluding carboxylic acids is 1. The van der Waals surface area contributed by atoms with Gasteiger partial charge in [0.2, 0.25) is 5.91 Å². The molecular formula is C19H19N5O2. The van der Waals surface area contributed by atoms with E-state index in [2.05, 4.69) is 20.6 Å². The molecule has 1 aliphatic heterocycles. The highest BCUT2D eigenvalue weighted by Crippen LogP contribution is 2.31. The molecule has 7 heteroatoms. The van der Waals surface area contributed by atoms with Gasteiger partial charge in [-0.15, -0.1) is 0 Å². The van der Waals surface area contributed by atoms with Crippen molar-refractivity contribution in [3.05, 3.63) is 46.5 Å². The fourth-order valence-electron chi connectivity index (χ4n) is 3.12. The van der Waals surface area contributed by atoms with Crippen LogP contribution in [0.2, 0.25) is 0 Å². The number of fused-ring (bicyclic) bond motifs is 2. The summed E-state index contributed by atoms with van der Waals surface area (Å²) < 4.78 is 1.44. The summed E-state index contributed by atoms with van der Waals surface area (Å²) in [7, 11) is 1.67. The maximum atomic E-state index is 12.6. The van der Waals surface area contributed by atoms with Crippen LogP contribution in [-0.4, -0.2) is 26.5 Å². The van der Waals surface area contributed by atoms with E-state index < -0.39 is 0 Å². The molecule has 132 valence electrons. The third kappa shape index (κ3) is 2.71. The summed E-state index contributed by atoms with van der Waals surface area (Å²) in [5.74, 6) is 0.515. The zero-order valence-electron chi connectivity index (χ0n) is 14.8. The average Bonchev–Trinajstić information content (AvgIpc) is 2.96. The van der Waals surface area contributed by atoms with Crippen LogP contribution in [-0.2, 0) is 18.3 Å². The van der Waals surface area contributed by atoms with Crippen molar-refractivity contribution in [1.82, 2.24) is 14.5 Å². The quantitative estimate of drug-likeness (QED) is 0.757. The lowest BCUT2D eigenvalue weighted by molar-refractivity contribution is -0.115. The topological polar surface area (TPSA) is 88.9 Å². The lowest BCUT2D eigenvalue weighted by Crippen LogP contribution is -2.21. The molecule has 26 heavy (non-hydrogen) atoms. The molecule has 7 nitrogen and oxygen atoms in total. The summed E-state index contributed by atoms with van der Waals surface area (Å²) in [6.45, 7) is 3.98. The van der Waals surface area contributed by atoms with Gasteiger partial charge in [-0.25, -0.2) is 9.97 Å². The lowest BCUT2D eigenvalue weighted by atomic mass is 10.1. The molecule has 3 aromatic rings. The Balaban J connectivity index is 1.92. The molecule has 0 saturated heterocycles. The Hall–Kier alpha value is -3.22. The third-order valence-corrected chi connectivity index (χ3v) is 4.36. The first-order valence-corrected chi connectivity index (χ1v) is 8.48. The minimum Gasteiger partial charge on any atom is -0.367 e. The number of anilines is 2. The Kier molecular flexibility index (Phi) is 3.72. The van der Waals surface area contributed by atoms with E-state index in [0.717, 1.165) is 16.8 Å². The molecule has 0 fully saturated rings. The summed E-state index contributed by atoms with van der Waals surface area (Å²) in [5.41, 5.74) is 3.80. The van der Waals surface area contributed by atoms with E-state index in [1.807, 2.05) is 32.0 Å². The molecular weight excluding hydrogens is 330 g/mol. The predicted molar refractivity (Wildman–Crippen MR) is 101 cm³/mol. The normalized spacial score (nSPS) is 13.2. The maximum Gasteiger partial charge on any atom is 0.264 e. The van der Waals surface area contributed by atoms with Gasteiger partial charge in [-0.2, -0.15) is 0 Å². The van der Waals surface area contributed by atoms with Gasteiger partial charge in [-0.05, 0) is 31.5 Å². The van der Waals surface area contributed by atoms with Crippen LogP contribution in [0.4, 0.5) is 11.5 Å². The largest absolute Gasteiger partial charge is 0.367 e. The first kappa shape index (κ1) is 16.3. The van der Waals surface area contributed by atoms with Gasteiger partial charge in [0.1, 0.15) is 11.2 Å². The first-order valence-electron chi connectivity index (χ1n) is 8.48. The van der Waals surface area contributed by atoms with E-state index in [0.29, 0.717) is 28.8 Å². The maximum absolute atomic E-state index is 12.6. The van der Waals surface area contributed by atoms with Crippen LogP contribution in [0.25, 0.3) is 22.2 Å². The molecule has 0 bridgehead atoms. The fourth-order valence-corrected chi connectivity index (χ4v) is 3.12.